The van der Waals surface area contributed by atoms with Crippen LogP contribution in [0.25, 0.3) is 0 Å². The van der Waals surface area contributed by atoms with Crippen LogP contribution < -0.4 is 0 Å². The molecular formula is C20H32O3. The Morgan fingerprint density at radius 2 is 1.91 bits per heavy atom. The van der Waals surface area contributed by atoms with Gasteiger partial charge < -0.3 is 15.3 Å². The van der Waals surface area contributed by atoms with Crippen LogP contribution in [0, 0.1) is 28.1 Å². The zero-order chi connectivity index (χ0) is 16.9. The van der Waals surface area contributed by atoms with Crippen LogP contribution in [0.1, 0.15) is 52.4 Å². The number of aliphatic hydroxyl groups excluding tert-OH is 3. The Kier molecular flexibility index (Phi) is 4.27. The molecule has 0 aromatic rings. The highest BCUT2D eigenvalue weighted by atomic mass is 16.3. The van der Waals surface area contributed by atoms with Gasteiger partial charge >= 0.3 is 0 Å². The van der Waals surface area contributed by atoms with Crippen molar-refractivity contribution in [3.05, 3.63) is 24.3 Å². The molecule has 0 heterocycles. The molecular weight excluding hydrogens is 288 g/mol. The van der Waals surface area contributed by atoms with Crippen LogP contribution >= 0.6 is 0 Å². The van der Waals surface area contributed by atoms with Gasteiger partial charge in [0.15, 0.2) is 0 Å². The van der Waals surface area contributed by atoms with E-state index >= 15 is 0 Å². The Morgan fingerprint density at radius 3 is 2.52 bits per heavy atom. The first-order valence-electron chi connectivity index (χ1n) is 9.07. The van der Waals surface area contributed by atoms with Gasteiger partial charge in [0.1, 0.15) is 0 Å². The molecule has 3 N–H and O–H groups in total. The number of fused-ring (bicyclic) bond motifs is 3. The summed E-state index contributed by atoms with van der Waals surface area (Å²) in [6, 6.07) is 0. The largest absolute Gasteiger partial charge is 0.396 e. The smallest absolute Gasteiger partial charge is 0.0552 e. The maximum atomic E-state index is 10.5. The third kappa shape index (κ3) is 2.52. The Labute approximate surface area is 140 Å². The van der Waals surface area contributed by atoms with E-state index in [4.69, 9.17) is 0 Å². The molecule has 0 bridgehead atoms. The fourth-order valence-electron chi connectivity index (χ4n) is 6.16. The molecule has 0 aromatic carbocycles. The van der Waals surface area contributed by atoms with Gasteiger partial charge in [0, 0.05) is 10.8 Å². The van der Waals surface area contributed by atoms with Crippen LogP contribution in [0.4, 0.5) is 0 Å². The summed E-state index contributed by atoms with van der Waals surface area (Å²) in [5, 5.41) is 30.6. The average molecular weight is 320 g/mol. The molecule has 0 amide bonds. The predicted octanol–water partition coefficient (Wildman–Crippen LogP) is 3.06. The fraction of sp³-hybridized carbons (Fsp3) is 0.800. The van der Waals surface area contributed by atoms with Crippen molar-refractivity contribution in [2.24, 2.45) is 28.1 Å². The molecule has 0 aliphatic heterocycles. The van der Waals surface area contributed by atoms with E-state index in [1.165, 1.54) is 5.57 Å². The normalized spacial score (nSPS) is 45.6. The summed E-state index contributed by atoms with van der Waals surface area (Å²) in [4.78, 5) is 0. The van der Waals surface area contributed by atoms with Crippen LogP contribution in [-0.2, 0) is 0 Å². The molecule has 0 saturated heterocycles. The molecule has 2 saturated carbocycles. The van der Waals surface area contributed by atoms with E-state index < -0.39 is 11.5 Å². The highest BCUT2D eigenvalue weighted by Crippen LogP contribution is 2.63. The predicted molar refractivity (Wildman–Crippen MR) is 91.8 cm³/mol. The number of rotatable bonds is 3. The summed E-state index contributed by atoms with van der Waals surface area (Å²) >= 11 is 0. The molecule has 3 heteroatoms. The van der Waals surface area contributed by atoms with E-state index in [0.717, 1.165) is 32.1 Å². The van der Waals surface area contributed by atoms with Crippen LogP contribution in [0.15, 0.2) is 24.3 Å². The molecule has 3 nitrogen and oxygen atoms in total. The first kappa shape index (κ1) is 17.2. The summed E-state index contributed by atoms with van der Waals surface area (Å²) in [6.45, 7) is 8.48. The number of aliphatic hydroxyl groups is 3. The number of hydrogen-bond acceptors (Lipinski definition) is 3. The van der Waals surface area contributed by atoms with E-state index in [1.54, 1.807) is 0 Å². The summed E-state index contributed by atoms with van der Waals surface area (Å²) in [7, 11) is 0. The maximum Gasteiger partial charge on any atom is 0.0552 e. The third-order valence-corrected chi connectivity index (χ3v) is 7.40. The molecule has 5 atom stereocenters. The lowest BCUT2D eigenvalue weighted by Crippen LogP contribution is -2.58. The van der Waals surface area contributed by atoms with Gasteiger partial charge in [-0.25, -0.2) is 0 Å². The van der Waals surface area contributed by atoms with E-state index in [9.17, 15) is 15.3 Å². The van der Waals surface area contributed by atoms with Crippen LogP contribution in [0.2, 0.25) is 0 Å². The zero-order valence-corrected chi connectivity index (χ0v) is 14.6. The molecule has 3 aliphatic carbocycles. The highest BCUT2D eigenvalue weighted by Gasteiger charge is 2.59. The van der Waals surface area contributed by atoms with Crippen molar-refractivity contribution in [1.82, 2.24) is 0 Å². The van der Waals surface area contributed by atoms with Crippen LogP contribution in [0.5, 0.6) is 0 Å². The zero-order valence-electron chi connectivity index (χ0n) is 14.6. The van der Waals surface area contributed by atoms with Crippen molar-refractivity contribution in [2.45, 2.75) is 58.5 Å². The van der Waals surface area contributed by atoms with Gasteiger partial charge in [0.25, 0.3) is 0 Å². The van der Waals surface area contributed by atoms with Crippen molar-refractivity contribution >= 4 is 0 Å². The Hall–Kier alpha value is -0.640. The van der Waals surface area contributed by atoms with Crippen molar-refractivity contribution in [3.8, 4) is 0 Å². The van der Waals surface area contributed by atoms with Gasteiger partial charge in [0.2, 0.25) is 0 Å². The fourth-order valence-corrected chi connectivity index (χ4v) is 6.16. The van der Waals surface area contributed by atoms with Crippen LogP contribution in [-0.4, -0.2) is 34.6 Å². The van der Waals surface area contributed by atoms with Crippen molar-refractivity contribution < 1.29 is 15.3 Å². The van der Waals surface area contributed by atoms with Crippen molar-refractivity contribution in [2.75, 3.05) is 13.2 Å². The Balaban J connectivity index is 2.00. The van der Waals surface area contributed by atoms with E-state index in [2.05, 4.69) is 32.6 Å². The lowest BCUT2D eigenvalue weighted by molar-refractivity contribution is -0.156. The molecule has 0 radical (unpaired) electrons. The molecule has 2 fully saturated rings. The standard InChI is InChI=1S/C20H32O3/c1-4-18(2)8-7-16-14(9-18)5-6-17-19(16,3)10-15(23)11-20(17,12-21)13-22/h4,9,15-17,21-23H,1,5-8,10-13H2,2-3H3/t15-,16+,17-,18+,19-/m1/s1. The number of hydrogen-bond donors (Lipinski definition) is 3. The average Bonchev–Trinajstić information content (AvgIpc) is 2.52. The van der Waals surface area contributed by atoms with E-state index in [0.29, 0.717) is 12.3 Å². The molecule has 3 aliphatic rings. The Morgan fingerprint density at radius 1 is 1.22 bits per heavy atom. The summed E-state index contributed by atoms with van der Waals surface area (Å²) in [6.07, 6.45) is 9.61. The molecule has 3 rings (SSSR count). The summed E-state index contributed by atoms with van der Waals surface area (Å²) in [5.41, 5.74) is 1.04. The second kappa shape index (κ2) is 5.72. The van der Waals surface area contributed by atoms with Gasteiger partial charge in [-0.15, -0.1) is 6.58 Å². The molecule has 0 spiro atoms. The minimum absolute atomic E-state index is 0.0308. The monoisotopic (exact) mass is 320 g/mol. The first-order chi connectivity index (χ1) is 10.8. The van der Waals surface area contributed by atoms with E-state index in [1.807, 2.05) is 0 Å². The number of allylic oxidation sites excluding steroid dienone is 3. The first-order valence-corrected chi connectivity index (χ1v) is 9.07. The summed E-state index contributed by atoms with van der Waals surface area (Å²) < 4.78 is 0. The third-order valence-electron chi connectivity index (χ3n) is 7.40. The minimum Gasteiger partial charge on any atom is -0.396 e. The van der Waals surface area contributed by atoms with Gasteiger partial charge in [-0.05, 0) is 55.8 Å². The SMILES string of the molecule is C=C[C@]1(C)C=C2CC[C@H]3C(CO)(CO)C[C@H](O)C[C@]3(C)[C@H]2CC1. The second-order valence-electron chi connectivity index (χ2n) is 8.86. The molecule has 23 heavy (non-hydrogen) atoms. The van der Waals surface area contributed by atoms with Gasteiger partial charge in [-0.3, -0.25) is 0 Å². The lowest BCUT2D eigenvalue weighted by Gasteiger charge is -2.61. The van der Waals surface area contributed by atoms with Crippen LogP contribution in [0.3, 0.4) is 0 Å². The Bertz CT molecular complexity index is 507. The minimum atomic E-state index is -0.531. The summed E-state index contributed by atoms with van der Waals surface area (Å²) in [5.74, 6) is 0.741. The van der Waals surface area contributed by atoms with Gasteiger partial charge in [-0.2, -0.15) is 0 Å². The quantitative estimate of drug-likeness (QED) is 0.700. The maximum absolute atomic E-state index is 10.5. The molecule has 0 unspecified atom stereocenters. The topological polar surface area (TPSA) is 60.7 Å². The van der Waals surface area contributed by atoms with Gasteiger partial charge in [0.05, 0.1) is 19.3 Å². The lowest BCUT2D eigenvalue weighted by atomic mass is 9.44. The highest BCUT2D eigenvalue weighted by molar-refractivity contribution is 5.27. The van der Waals surface area contributed by atoms with Crippen molar-refractivity contribution in [1.29, 1.82) is 0 Å². The van der Waals surface area contributed by atoms with E-state index in [-0.39, 0.29) is 30.0 Å². The second-order valence-corrected chi connectivity index (χ2v) is 8.86. The van der Waals surface area contributed by atoms with Crippen molar-refractivity contribution in [3.63, 3.8) is 0 Å². The van der Waals surface area contributed by atoms with Gasteiger partial charge in [-0.1, -0.05) is 31.6 Å². The molecule has 0 aromatic heterocycles. The molecule has 130 valence electrons.